The maximum atomic E-state index is 6.16. The van der Waals surface area contributed by atoms with Crippen LogP contribution >= 0.6 is 0 Å². The molecule has 2 nitrogen and oxygen atoms in total. The van der Waals surface area contributed by atoms with Crippen LogP contribution in [0.4, 0.5) is 0 Å². The van der Waals surface area contributed by atoms with Gasteiger partial charge in [-0.3, -0.25) is 0 Å². The molecule has 0 bridgehead atoms. The lowest BCUT2D eigenvalue weighted by atomic mass is 9.95. The number of fused-ring (bicyclic) bond motifs is 2. The minimum Gasteiger partial charge on any atom is -0.491 e. The van der Waals surface area contributed by atoms with Crippen LogP contribution in [0.15, 0.2) is 54.3 Å². The lowest BCUT2D eigenvalue weighted by Crippen LogP contribution is -2.27. The first-order valence-electron chi connectivity index (χ1n) is 10.1. The molecule has 3 heteroatoms. The van der Waals surface area contributed by atoms with Gasteiger partial charge in [0.25, 0.3) is 0 Å². The molecular weight excluding hydrogens is 360 g/mol. The van der Waals surface area contributed by atoms with E-state index < -0.39 is 8.32 Å². The van der Waals surface area contributed by atoms with Gasteiger partial charge in [0.15, 0.2) is 8.32 Å². The van der Waals surface area contributed by atoms with Gasteiger partial charge >= 0.3 is 0 Å². The third-order valence-electron chi connectivity index (χ3n) is 5.21. The molecule has 2 aromatic carbocycles. The number of rotatable bonds is 6. The van der Waals surface area contributed by atoms with Crippen molar-refractivity contribution < 1.29 is 9.16 Å². The van der Waals surface area contributed by atoms with Crippen LogP contribution in [0.1, 0.15) is 24.5 Å². The SMILES string of the molecule is CC=c1ccc2c(c1C1=C(OCCO[Si](C)(C)C)C=CC1)C=c1ccccc1=2. The monoisotopic (exact) mass is 388 g/mol. The van der Waals surface area contributed by atoms with E-state index in [9.17, 15) is 0 Å². The van der Waals surface area contributed by atoms with E-state index in [-0.39, 0.29) is 0 Å². The van der Waals surface area contributed by atoms with E-state index in [0.717, 1.165) is 12.2 Å². The first-order valence-corrected chi connectivity index (χ1v) is 13.5. The molecule has 0 aliphatic heterocycles. The van der Waals surface area contributed by atoms with Gasteiger partial charge in [0.05, 0.1) is 6.61 Å². The first kappa shape index (κ1) is 19.0. The normalized spacial score (nSPS) is 15.6. The summed E-state index contributed by atoms with van der Waals surface area (Å²) in [4.78, 5) is 0. The molecule has 0 atom stereocenters. The van der Waals surface area contributed by atoms with Crippen LogP contribution in [-0.2, 0) is 9.16 Å². The van der Waals surface area contributed by atoms with Gasteiger partial charge in [-0.2, -0.15) is 0 Å². The molecule has 4 rings (SSSR count). The van der Waals surface area contributed by atoms with E-state index in [1.54, 1.807) is 0 Å². The summed E-state index contributed by atoms with van der Waals surface area (Å²) in [5, 5.41) is 5.20. The first-order chi connectivity index (χ1) is 13.5. The molecule has 28 heavy (non-hydrogen) atoms. The van der Waals surface area contributed by atoms with Crippen molar-refractivity contribution >= 4 is 26.0 Å². The fraction of sp³-hybridized carbons (Fsp3) is 0.280. The average Bonchev–Trinajstić information content (AvgIpc) is 3.27. The summed E-state index contributed by atoms with van der Waals surface area (Å²) < 4.78 is 12.1. The van der Waals surface area contributed by atoms with Crippen molar-refractivity contribution in [1.82, 2.24) is 0 Å². The van der Waals surface area contributed by atoms with E-state index in [1.807, 2.05) is 0 Å². The number of allylic oxidation sites excluding steroid dienone is 3. The molecule has 0 fully saturated rings. The zero-order chi connectivity index (χ0) is 19.7. The Bertz CT molecular complexity index is 1180. The summed E-state index contributed by atoms with van der Waals surface area (Å²) >= 11 is 0. The predicted molar refractivity (Wildman–Crippen MR) is 119 cm³/mol. The highest BCUT2D eigenvalue weighted by Crippen LogP contribution is 2.31. The second-order valence-electron chi connectivity index (χ2n) is 8.27. The molecular formula is C25H28O2Si. The molecule has 0 N–H and O–H groups in total. The van der Waals surface area contributed by atoms with Gasteiger partial charge in [-0.25, -0.2) is 0 Å². The molecule has 0 saturated carbocycles. The number of benzene rings is 2. The average molecular weight is 389 g/mol. The van der Waals surface area contributed by atoms with Gasteiger partial charge < -0.3 is 9.16 Å². The van der Waals surface area contributed by atoms with E-state index in [0.29, 0.717) is 13.2 Å². The minimum atomic E-state index is -1.50. The van der Waals surface area contributed by atoms with E-state index in [1.165, 1.54) is 37.6 Å². The molecule has 2 aliphatic carbocycles. The van der Waals surface area contributed by atoms with Crippen molar-refractivity contribution in [1.29, 1.82) is 0 Å². The summed E-state index contributed by atoms with van der Waals surface area (Å²) in [5.41, 5.74) is 3.90. The molecule has 0 unspecified atom stereocenters. The van der Waals surface area contributed by atoms with Crippen LogP contribution in [0.25, 0.3) is 17.7 Å². The van der Waals surface area contributed by atoms with Crippen molar-refractivity contribution in [3.8, 4) is 0 Å². The predicted octanol–water partition coefficient (Wildman–Crippen LogP) is 4.46. The highest BCUT2D eigenvalue weighted by molar-refractivity contribution is 6.69. The molecule has 0 radical (unpaired) electrons. The fourth-order valence-corrected chi connectivity index (χ4v) is 4.66. The van der Waals surface area contributed by atoms with Crippen LogP contribution in [0.3, 0.4) is 0 Å². The van der Waals surface area contributed by atoms with E-state index in [2.05, 4.69) is 87.3 Å². The maximum Gasteiger partial charge on any atom is 0.183 e. The molecule has 144 valence electrons. The fourth-order valence-electron chi connectivity index (χ4n) is 3.97. The summed E-state index contributed by atoms with van der Waals surface area (Å²) in [5.74, 6) is 0.986. The smallest absolute Gasteiger partial charge is 0.183 e. The van der Waals surface area contributed by atoms with Gasteiger partial charge in [0.1, 0.15) is 12.4 Å². The highest BCUT2D eigenvalue weighted by atomic mass is 28.4. The topological polar surface area (TPSA) is 18.5 Å². The Labute approximate surface area is 168 Å². The lowest BCUT2D eigenvalue weighted by Gasteiger charge is -2.18. The zero-order valence-corrected chi connectivity index (χ0v) is 18.2. The van der Waals surface area contributed by atoms with Crippen molar-refractivity contribution in [3.05, 3.63) is 86.3 Å². The van der Waals surface area contributed by atoms with Crippen LogP contribution in [-0.4, -0.2) is 21.5 Å². The summed E-state index contributed by atoms with van der Waals surface area (Å²) in [7, 11) is -1.50. The van der Waals surface area contributed by atoms with Gasteiger partial charge in [0.2, 0.25) is 0 Å². The summed E-state index contributed by atoms with van der Waals surface area (Å²) in [6.07, 6.45) is 9.75. The zero-order valence-electron chi connectivity index (χ0n) is 17.2. The van der Waals surface area contributed by atoms with Gasteiger partial charge in [-0.05, 0) is 77.1 Å². The second kappa shape index (κ2) is 7.57. The van der Waals surface area contributed by atoms with Crippen molar-refractivity contribution in [2.24, 2.45) is 0 Å². The van der Waals surface area contributed by atoms with Crippen molar-refractivity contribution in [2.45, 2.75) is 33.0 Å². The number of hydrogen-bond acceptors (Lipinski definition) is 2. The molecule has 0 heterocycles. The second-order valence-corrected chi connectivity index (χ2v) is 12.8. The Morgan fingerprint density at radius 2 is 1.82 bits per heavy atom. The quantitative estimate of drug-likeness (QED) is 0.459. The summed E-state index contributed by atoms with van der Waals surface area (Å²) in [6, 6.07) is 13.1. The van der Waals surface area contributed by atoms with Crippen LogP contribution < -0.4 is 10.4 Å². The molecule has 0 amide bonds. The third-order valence-corrected chi connectivity index (χ3v) is 6.28. The number of ether oxygens (including phenoxy) is 1. The Morgan fingerprint density at radius 3 is 2.61 bits per heavy atom. The molecule has 0 spiro atoms. The molecule has 0 saturated heterocycles. The van der Waals surface area contributed by atoms with Gasteiger partial charge in [-0.1, -0.05) is 48.6 Å². The van der Waals surface area contributed by atoms with Crippen molar-refractivity contribution in [3.63, 3.8) is 0 Å². The van der Waals surface area contributed by atoms with Gasteiger partial charge in [0, 0.05) is 5.57 Å². The van der Waals surface area contributed by atoms with Crippen LogP contribution in [0.5, 0.6) is 0 Å². The molecule has 2 aromatic rings. The van der Waals surface area contributed by atoms with E-state index in [4.69, 9.17) is 9.16 Å². The third kappa shape index (κ3) is 3.65. The van der Waals surface area contributed by atoms with Crippen molar-refractivity contribution in [2.75, 3.05) is 13.2 Å². The van der Waals surface area contributed by atoms with Gasteiger partial charge in [-0.15, -0.1) is 0 Å². The number of hydrogen-bond donors (Lipinski definition) is 0. The minimum absolute atomic E-state index is 0.595. The van der Waals surface area contributed by atoms with Crippen LogP contribution in [0, 0.1) is 10.4 Å². The summed E-state index contributed by atoms with van der Waals surface area (Å²) in [6.45, 7) is 9.97. The Kier molecular flexibility index (Phi) is 5.13. The van der Waals surface area contributed by atoms with E-state index >= 15 is 0 Å². The Hall–Kier alpha value is -2.36. The van der Waals surface area contributed by atoms with Crippen LogP contribution in [0.2, 0.25) is 19.6 Å². The highest BCUT2D eigenvalue weighted by Gasteiger charge is 2.19. The maximum absolute atomic E-state index is 6.16. The Morgan fingerprint density at radius 1 is 1.00 bits per heavy atom. The molecule has 2 aliphatic rings. The largest absolute Gasteiger partial charge is 0.491 e. The Balaban J connectivity index is 1.76. The lowest BCUT2D eigenvalue weighted by molar-refractivity contribution is 0.162. The molecule has 0 aromatic heterocycles. The standard InChI is InChI=1S/C25H28O2Si/c1-5-18-13-14-21-20-10-7-6-9-19(20)17-23(21)25(18)22-11-8-12-24(22)26-15-16-27-28(2,3)4/h5-10,12-14,17H,11,15-16H2,1-4H3.